The molecule has 0 bridgehead atoms. The average Bonchev–Trinajstić information content (AvgIpc) is 3.00. The Labute approximate surface area is 195 Å². The fourth-order valence-corrected chi connectivity index (χ4v) is 4.60. The summed E-state index contributed by atoms with van der Waals surface area (Å²) < 4.78 is 0. The van der Waals surface area contributed by atoms with Gasteiger partial charge in [-0.05, 0) is 54.3 Å². The molecule has 1 aliphatic heterocycles. The lowest BCUT2D eigenvalue weighted by molar-refractivity contribution is -0.155. The number of fused-ring (bicyclic) bond motifs is 1. The summed E-state index contributed by atoms with van der Waals surface area (Å²) in [7, 11) is 0. The Morgan fingerprint density at radius 2 is 1.74 bits per heavy atom. The van der Waals surface area contributed by atoms with Gasteiger partial charge in [0, 0.05) is 10.6 Å². The van der Waals surface area contributed by atoms with Gasteiger partial charge in [0.15, 0.2) is 0 Å². The predicted octanol–water partition coefficient (Wildman–Crippen LogP) is 5.40. The molecule has 1 aliphatic carbocycles. The lowest BCUT2D eigenvalue weighted by Crippen LogP contribution is -2.50. The lowest BCUT2D eigenvalue weighted by Gasteiger charge is -2.31. The lowest BCUT2D eigenvalue weighted by atomic mass is 9.78. The van der Waals surface area contributed by atoms with E-state index in [9.17, 15) is 14.4 Å². The molecule has 5 nitrogen and oxygen atoms in total. The van der Waals surface area contributed by atoms with E-state index in [1.54, 1.807) is 42.5 Å². The smallest absolute Gasteiger partial charge is 0.272 e. The monoisotopic (exact) mass is 476 g/mol. The third-order valence-electron chi connectivity index (χ3n) is 5.73. The van der Waals surface area contributed by atoms with E-state index in [1.807, 2.05) is 19.1 Å². The van der Waals surface area contributed by atoms with Crippen LogP contribution in [0.25, 0.3) is 0 Å². The minimum Gasteiger partial charge on any atom is -0.272 e. The highest BCUT2D eigenvalue weighted by atomic mass is 35.5. The van der Waals surface area contributed by atoms with Crippen LogP contribution in [-0.2, 0) is 16.1 Å². The summed E-state index contributed by atoms with van der Waals surface area (Å²) in [5.41, 5.74) is 0.949. The summed E-state index contributed by atoms with van der Waals surface area (Å²) in [6.07, 6.45) is 4.34. The van der Waals surface area contributed by atoms with E-state index < -0.39 is 17.7 Å². The molecule has 0 aromatic heterocycles. The molecule has 1 fully saturated rings. The molecule has 1 saturated heterocycles. The second kappa shape index (κ2) is 8.65. The second-order valence-corrected chi connectivity index (χ2v) is 9.01. The summed E-state index contributed by atoms with van der Waals surface area (Å²) in [6.45, 7) is 1.89. The predicted molar refractivity (Wildman–Crippen MR) is 120 cm³/mol. The number of carbonyl (C=O) groups excluding carboxylic acids is 3. The number of allylic oxidation sites excluding steroid dienone is 2. The molecule has 0 N–H and O–H groups in total. The van der Waals surface area contributed by atoms with E-state index in [1.165, 1.54) is 5.01 Å². The Bertz CT molecular complexity index is 1080. The molecule has 4 rings (SSSR count). The van der Waals surface area contributed by atoms with Crippen LogP contribution >= 0.6 is 34.8 Å². The van der Waals surface area contributed by atoms with Crippen LogP contribution in [0.5, 0.6) is 0 Å². The summed E-state index contributed by atoms with van der Waals surface area (Å²) in [4.78, 5) is 40.0. The maximum Gasteiger partial charge on any atom is 0.273 e. The molecule has 3 atom stereocenters. The van der Waals surface area contributed by atoms with E-state index in [-0.39, 0.29) is 24.3 Å². The first-order valence-corrected chi connectivity index (χ1v) is 11.0. The van der Waals surface area contributed by atoms with Crippen molar-refractivity contribution in [2.24, 2.45) is 17.8 Å². The summed E-state index contributed by atoms with van der Waals surface area (Å²) >= 11 is 18.1. The first-order valence-electron chi connectivity index (χ1n) is 9.83. The van der Waals surface area contributed by atoms with E-state index in [4.69, 9.17) is 34.8 Å². The third-order valence-corrected chi connectivity index (χ3v) is 6.72. The average molecular weight is 478 g/mol. The van der Waals surface area contributed by atoms with Gasteiger partial charge in [0.05, 0.1) is 28.4 Å². The number of hydrogen-bond acceptors (Lipinski definition) is 3. The highest BCUT2D eigenvalue weighted by molar-refractivity contribution is 6.42. The van der Waals surface area contributed by atoms with Gasteiger partial charge in [-0.2, -0.15) is 5.01 Å². The topological polar surface area (TPSA) is 57.7 Å². The fraction of sp³-hybridized carbons (Fsp3) is 0.261. The van der Waals surface area contributed by atoms with Crippen LogP contribution in [0.3, 0.4) is 0 Å². The first kappa shape index (κ1) is 21.9. The molecular weight excluding hydrogens is 459 g/mol. The van der Waals surface area contributed by atoms with E-state index in [0.29, 0.717) is 32.6 Å². The Hall–Kier alpha value is -2.34. The van der Waals surface area contributed by atoms with E-state index >= 15 is 0 Å². The maximum absolute atomic E-state index is 13.4. The number of carbonyl (C=O) groups is 3. The van der Waals surface area contributed by atoms with Crippen molar-refractivity contribution in [2.45, 2.75) is 19.9 Å². The van der Waals surface area contributed by atoms with Crippen molar-refractivity contribution in [1.82, 2.24) is 10.0 Å². The van der Waals surface area contributed by atoms with Gasteiger partial charge in [0.1, 0.15) is 0 Å². The minimum atomic E-state index is -0.483. The number of rotatable bonds is 4. The van der Waals surface area contributed by atoms with Crippen LogP contribution in [0.2, 0.25) is 15.1 Å². The van der Waals surface area contributed by atoms with Gasteiger partial charge in [-0.1, -0.05) is 59.9 Å². The van der Waals surface area contributed by atoms with Crippen molar-refractivity contribution in [2.75, 3.05) is 0 Å². The van der Waals surface area contributed by atoms with E-state index in [0.717, 1.165) is 5.01 Å². The molecule has 2 aromatic carbocycles. The Balaban J connectivity index is 1.73. The number of benzene rings is 2. The quantitative estimate of drug-likeness (QED) is 0.437. The Morgan fingerprint density at radius 3 is 2.39 bits per heavy atom. The van der Waals surface area contributed by atoms with Crippen molar-refractivity contribution in [1.29, 1.82) is 0 Å². The third kappa shape index (κ3) is 4.10. The second-order valence-electron chi connectivity index (χ2n) is 7.76. The van der Waals surface area contributed by atoms with Crippen molar-refractivity contribution in [3.63, 3.8) is 0 Å². The molecule has 2 aliphatic rings. The highest BCUT2D eigenvalue weighted by Gasteiger charge is 2.53. The van der Waals surface area contributed by atoms with Gasteiger partial charge >= 0.3 is 0 Å². The maximum atomic E-state index is 13.4. The van der Waals surface area contributed by atoms with Gasteiger partial charge in [-0.3, -0.25) is 14.4 Å². The molecule has 3 amide bonds. The van der Waals surface area contributed by atoms with Gasteiger partial charge in [0.2, 0.25) is 0 Å². The first-order chi connectivity index (χ1) is 14.8. The van der Waals surface area contributed by atoms with Crippen LogP contribution in [0.1, 0.15) is 29.3 Å². The number of hydrogen-bond donors (Lipinski definition) is 0. The molecule has 160 valence electrons. The van der Waals surface area contributed by atoms with Crippen LogP contribution in [0.4, 0.5) is 0 Å². The number of hydrazine groups is 1. The zero-order valence-electron chi connectivity index (χ0n) is 16.6. The SMILES string of the molecule is C[C@@H]1C=CC[C@H]2C(=O)N(N(Cc3ccc(Cl)c(Cl)c3)C(=O)c3ccc(Cl)cc3)C(=O)[C@H]12. The van der Waals surface area contributed by atoms with Gasteiger partial charge in [-0.25, -0.2) is 5.01 Å². The number of halogens is 3. The van der Waals surface area contributed by atoms with Crippen molar-refractivity contribution in [3.05, 3.63) is 80.8 Å². The molecular formula is C23H19Cl3N2O3. The summed E-state index contributed by atoms with van der Waals surface area (Å²) in [5, 5.41) is 3.38. The highest BCUT2D eigenvalue weighted by Crippen LogP contribution is 2.39. The van der Waals surface area contributed by atoms with Crippen molar-refractivity contribution < 1.29 is 14.4 Å². The standard InChI is InChI=1S/C23H19Cl3N2O3/c1-13-3-2-4-17-20(13)23(31)28(22(17)30)27(12-14-5-10-18(25)19(26)11-14)21(29)15-6-8-16(24)9-7-15/h2-3,5-11,13,17,20H,4,12H2,1H3/t13-,17-,20-/m1/s1. The van der Waals surface area contributed by atoms with Crippen LogP contribution in [0.15, 0.2) is 54.6 Å². The molecule has 2 aromatic rings. The normalized spacial score (nSPS) is 22.6. The Morgan fingerprint density at radius 1 is 1.03 bits per heavy atom. The van der Waals surface area contributed by atoms with Crippen LogP contribution in [0, 0.1) is 17.8 Å². The minimum absolute atomic E-state index is 0.0168. The molecule has 0 unspecified atom stereocenters. The van der Waals surface area contributed by atoms with Crippen LogP contribution in [-0.4, -0.2) is 27.7 Å². The summed E-state index contributed by atoms with van der Waals surface area (Å²) in [5.74, 6) is -2.25. The number of nitrogens with zero attached hydrogens (tertiary/aromatic N) is 2. The number of amides is 3. The van der Waals surface area contributed by atoms with E-state index in [2.05, 4.69) is 0 Å². The molecule has 0 saturated carbocycles. The van der Waals surface area contributed by atoms with Gasteiger partial charge in [0.25, 0.3) is 17.7 Å². The van der Waals surface area contributed by atoms with Crippen LogP contribution < -0.4 is 0 Å². The zero-order valence-corrected chi connectivity index (χ0v) is 18.9. The van der Waals surface area contributed by atoms with Crippen molar-refractivity contribution >= 4 is 52.5 Å². The Kier molecular flexibility index (Phi) is 6.11. The van der Waals surface area contributed by atoms with Crippen molar-refractivity contribution in [3.8, 4) is 0 Å². The molecule has 8 heteroatoms. The van der Waals surface area contributed by atoms with Gasteiger partial charge < -0.3 is 0 Å². The zero-order chi connectivity index (χ0) is 22.3. The molecule has 1 heterocycles. The van der Waals surface area contributed by atoms with Gasteiger partial charge in [-0.15, -0.1) is 0 Å². The molecule has 0 spiro atoms. The molecule has 31 heavy (non-hydrogen) atoms. The summed E-state index contributed by atoms with van der Waals surface area (Å²) in [6, 6.07) is 11.2. The number of imide groups is 1. The molecule has 0 radical (unpaired) electrons. The largest absolute Gasteiger partial charge is 0.273 e. The fourth-order valence-electron chi connectivity index (χ4n) is 4.15.